The Hall–Kier alpha value is -1.45. The predicted octanol–water partition coefficient (Wildman–Crippen LogP) is 2.53. The molecule has 1 amide bonds. The summed E-state index contributed by atoms with van der Waals surface area (Å²) in [5, 5.41) is 2.83. The Morgan fingerprint density at radius 2 is 2.12 bits per heavy atom. The van der Waals surface area contributed by atoms with Gasteiger partial charge in [0.25, 0.3) is 5.91 Å². The minimum Gasteiger partial charge on any atom is -0.350 e. The number of aromatic nitrogens is 1. The van der Waals surface area contributed by atoms with Gasteiger partial charge in [-0.25, -0.2) is 4.98 Å². The number of carbonyl (C=O) groups is 1. The van der Waals surface area contributed by atoms with Gasteiger partial charge in [0.1, 0.15) is 5.69 Å². The largest absolute Gasteiger partial charge is 0.350 e. The lowest BCUT2D eigenvalue weighted by Crippen LogP contribution is -2.30. The molecule has 0 aliphatic heterocycles. The number of pyridine rings is 1. The molecule has 1 N–H and O–H groups in total. The average Bonchev–Trinajstić information content (AvgIpc) is 2.37. The maximum Gasteiger partial charge on any atom is 0.270 e. The fraction of sp³-hybridized carbons (Fsp3) is 0.538. The Morgan fingerprint density at radius 1 is 1.35 bits per heavy atom. The Kier molecular flexibility index (Phi) is 4.07. The van der Waals surface area contributed by atoms with Crippen LogP contribution in [0.1, 0.15) is 42.6 Å². The van der Waals surface area contributed by atoms with Gasteiger partial charge in [-0.2, -0.15) is 4.39 Å². The minimum atomic E-state index is -0.615. The second-order valence-electron chi connectivity index (χ2n) is 4.56. The maximum absolute atomic E-state index is 12.8. The normalized spacial score (nSPS) is 16.8. The molecule has 1 aromatic heterocycles. The summed E-state index contributed by atoms with van der Waals surface area (Å²) in [6, 6.07) is 4.26. The Morgan fingerprint density at radius 3 is 2.82 bits per heavy atom. The molecule has 0 atom stereocenters. The van der Waals surface area contributed by atoms with Crippen LogP contribution in [-0.2, 0) is 0 Å². The number of nitrogens with zero attached hydrogens (tertiary/aromatic N) is 1. The topological polar surface area (TPSA) is 42.0 Å². The van der Waals surface area contributed by atoms with Crippen molar-refractivity contribution in [1.29, 1.82) is 0 Å². The van der Waals surface area contributed by atoms with Crippen molar-refractivity contribution in [3.05, 3.63) is 29.8 Å². The molecule has 4 heteroatoms. The van der Waals surface area contributed by atoms with E-state index in [4.69, 9.17) is 0 Å². The molecule has 1 saturated carbocycles. The molecule has 0 saturated heterocycles. The molecular formula is C13H17FN2O. The molecule has 1 aliphatic carbocycles. The summed E-state index contributed by atoms with van der Waals surface area (Å²) >= 11 is 0. The van der Waals surface area contributed by atoms with E-state index in [1.54, 1.807) is 0 Å². The zero-order chi connectivity index (χ0) is 12.1. The van der Waals surface area contributed by atoms with Crippen LogP contribution in [0.25, 0.3) is 0 Å². The van der Waals surface area contributed by atoms with Crippen LogP contribution in [0.5, 0.6) is 0 Å². The number of halogens is 1. The molecule has 0 radical (unpaired) electrons. The van der Waals surface area contributed by atoms with E-state index in [1.807, 2.05) is 0 Å². The number of carbonyl (C=O) groups excluding carboxylic acids is 1. The number of rotatable bonds is 3. The third-order valence-corrected chi connectivity index (χ3v) is 3.22. The molecule has 1 fully saturated rings. The molecule has 0 unspecified atom stereocenters. The van der Waals surface area contributed by atoms with Crippen LogP contribution in [0.15, 0.2) is 18.2 Å². The first-order valence-corrected chi connectivity index (χ1v) is 6.16. The summed E-state index contributed by atoms with van der Waals surface area (Å²) in [7, 11) is 0. The number of nitrogens with one attached hydrogen (secondary N) is 1. The fourth-order valence-electron chi connectivity index (χ4n) is 2.25. The average molecular weight is 236 g/mol. The van der Waals surface area contributed by atoms with Gasteiger partial charge in [-0.3, -0.25) is 4.79 Å². The van der Waals surface area contributed by atoms with E-state index < -0.39 is 5.95 Å². The highest BCUT2D eigenvalue weighted by molar-refractivity contribution is 5.92. The number of amides is 1. The van der Waals surface area contributed by atoms with Crippen LogP contribution in [0, 0.1) is 11.9 Å². The molecule has 1 aliphatic rings. The van der Waals surface area contributed by atoms with Crippen molar-refractivity contribution in [3.8, 4) is 0 Å². The highest BCUT2D eigenvalue weighted by Crippen LogP contribution is 2.22. The fourth-order valence-corrected chi connectivity index (χ4v) is 2.25. The predicted molar refractivity (Wildman–Crippen MR) is 63.1 cm³/mol. The summed E-state index contributed by atoms with van der Waals surface area (Å²) < 4.78 is 12.8. The molecule has 1 aromatic rings. The second kappa shape index (κ2) is 5.75. The van der Waals surface area contributed by atoms with E-state index in [9.17, 15) is 9.18 Å². The minimum absolute atomic E-state index is 0.154. The van der Waals surface area contributed by atoms with Crippen LogP contribution >= 0.6 is 0 Å². The summed E-state index contributed by atoms with van der Waals surface area (Å²) in [5.41, 5.74) is 0.154. The van der Waals surface area contributed by atoms with E-state index in [0.717, 1.165) is 0 Å². The smallest absolute Gasteiger partial charge is 0.270 e. The lowest BCUT2D eigenvalue weighted by Gasteiger charge is -2.21. The molecule has 17 heavy (non-hydrogen) atoms. The van der Waals surface area contributed by atoms with E-state index in [1.165, 1.54) is 50.3 Å². The maximum atomic E-state index is 12.8. The molecular weight excluding hydrogens is 219 g/mol. The van der Waals surface area contributed by atoms with Crippen LogP contribution in [-0.4, -0.2) is 17.4 Å². The van der Waals surface area contributed by atoms with E-state index in [-0.39, 0.29) is 11.6 Å². The molecule has 1 heterocycles. The van der Waals surface area contributed by atoms with Crippen LogP contribution in [0.2, 0.25) is 0 Å². The van der Waals surface area contributed by atoms with Crippen molar-refractivity contribution in [3.63, 3.8) is 0 Å². The highest BCUT2D eigenvalue weighted by atomic mass is 19.1. The van der Waals surface area contributed by atoms with Gasteiger partial charge in [0.15, 0.2) is 0 Å². The zero-order valence-electron chi connectivity index (χ0n) is 9.79. The van der Waals surface area contributed by atoms with Crippen LogP contribution in [0.3, 0.4) is 0 Å². The van der Waals surface area contributed by atoms with Crippen molar-refractivity contribution < 1.29 is 9.18 Å². The molecule has 92 valence electrons. The third-order valence-electron chi connectivity index (χ3n) is 3.22. The first-order chi connectivity index (χ1) is 8.25. The Bertz CT molecular complexity index is 389. The van der Waals surface area contributed by atoms with Crippen LogP contribution < -0.4 is 5.32 Å². The quantitative estimate of drug-likeness (QED) is 0.819. The van der Waals surface area contributed by atoms with Crippen LogP contribution in [0.4, 0.5) is 4.39 Å². The Balaban J connectivity index is 1.84. The highest BCUT2D eigenvalue weighted by Gasteiger charge is 2.15. The second-order valence-corrected chi connectivity index (χ2v) is 4.56. The van der Waals surface area contributed by atoms with Gasteiger partial charge >= 0.3 is 0 Å². The van der Waals surface area contributed by atoms with E-state index in [2.05, 4.69) is 10.3 Å². The lowest BCUT2D eigenvalue weighted by molar-refractivity contribution is 0.0937. The number of hydrogen-bond acceptors (Lipinski definition) is 2. The van der Waals surface area contributed by atoms with Crippen molar-refractivity contribution in [1.82, 2.24) is 10.3 Å². The number of hydrogen-bond donors (Lipinski definition) is 1. The van der Waals surface area contributed by atoms with E-state index >= 15 is 0 Å². The van der Waals surface area contributed by atoms with Gasteiger partial charge in [-0.15, -0.1) is 0 Å². The van der Waals surface area contributed by atoms with Gasteiger partial charge in [-0.1, -0.05) is 25.3 Å². The monoisotopic (exact) mass is 236 g/mol. The van der Waals surface area contributed by atoms with Gasteiger partial charge < -0.3 is 5.32 Å². The molecule has 0 spiro atoms. The van der Waals surface area contributed by atoms with Gasteiger partial charge in [0.2, 0.25) is 5.95 Å². The first kappa shape index (κ1) is 12.0. The molecule has 3 nitrogen and oxygen atoms in total. The molecule has 0 bridgehead atoms. The van der Waals surface area contributed by atoms with Crippen molar-refractivity contribution in [2.75, 3.05) is 6.54 Å². The van der Waals surface area contributed by atoms with Gasteiger partial charge in [-0.05, 0) is 30.9 Å². The molecule has 0 aromatic carbocycles. The SMILES string of the molecule is O=C(NCC1CCCCC1)c1cccc(F)n1. The van der Waals surface area contributed by atoms with Crippen molar-refractivity contribution >= 4 is 5.91 Å². The van der Waals surface area contributed by atoms with E-state index in [0.29, 0.717) is 12.5 Å². The summed E-state index contributed by atoms with van der Waals surface area (Å²) in [4.78, 5) is 15.3. The Labute approximate surface area is 100 Å². The zero-order valence-corrected chi connectivity index (χ0v) is 9.79. The van der Waals surface area contributed by atoms with Crippen molar-refractivity contribution in [2.24, 2.45) is 5.92 Å². The lowest BCUT2D eigenvalue weighted by atomic mass is 9.89. The summed E-state index contributed by atoms with van der Waals surface area (Å²) in [6.07, 6.45) is 6.15. The molecule has 2 rings (SSSR count). The van der Waals surface area contributed by atoms with Gasteiger partial charge in [0, 0.05) is 6.54 Å². The summed E-state index contributed by atoms with van der Waals surface area (Å²) in [6.45, 7) is 0.678. The van der Waals surface area contributed by atoms with Crippen molar-refractivity contribution in [2.45, 2.75) is 32.1 Å². The summed E-state index contributed by atoms with van der Waals surface area (Å²) in [5.74, 6) is -0.327. The third kappa shape index (κ3) is 3.51. The van der Waals surface area contributed by atoms with Gasteiger partial charge in [0.05, 0.1) is 0 Å². The standard InChI is InChI=1S/C13H17FN2O/c14-12-8-4-7-11(16-12)13(17)15-9-10-5-2-1-3-6-10/h4,7-8,10H,1-3,5-6,9H2,(H,15,17). The first-order valence-electron chi connectivity index (χ1n) is 6.16.